The molecule has 2 amide bonds. The van der Waals surface area contributed by atoms with Crippen molar-refractivity contribution >= 4 is 23.2 Å². The molecule has 6 heteroatoms. The number of rotatable bonds is 6. The van der Waals surface area contributed by atoms with Gasteiger partial charge in [-0.15, -0.1) is 0 Å². The monoisotopic (exact) mass is 337 g/mol. The van der Waals surface area contributed by atoms with E-state index in [0.717, 1.165) is 0 Å². The maximum atomic E-state index is 12.1. The molecule has 0 aliphatic heterocycles. The van der Waals surface area contributed by atoms with Gasteiger partial charge in [-0.25, -0.2) is 0 Å². The Bertz CT molecular complexity index is 794. The molecule has 128 valence electrons. The Balaban J connectivity index is 2.02. The molecule has 0 heterocycles. The van der Waals surface area contributed by atoms with Crippen LogP contribution in [0, 0.1) is 11.3 Å². The van der Waals surface area contributed by atoms with Gasteiger partial charge in [-0.1, -0.05) is 12.1 Å². The molecule has 0 bridgehead atoms. The molecule has 0 radical (unpaired) electrons. The highest BCUT2D eigenvalue weighted by Crippen LogP contribution is 2.27. The van der Waals surface area contributed by atoms with Crippen molar-refractivity contribution in [3.05, 3.63) is 54.1 Å². The molecule has 0 saturated heterocycles. The maximum Gasteiger partial charge on any atom is 0.226 e. The van der Waals surface area contributed by atoms with Gasteiger partial charge < -0.3 is 15.0 Å². The summed E-state index contributed by atoms with van der Waals surface area (Å²) in [4.78, 5) is 25.6. The summed E-state index contributed by atoms with van der Waals surface area (Å²) in [5.41, 5.74) is 1.76. The highest BCUT2D eigenvalue weighted by atomic mass is 16.5. The first-order chi connectivity index (χ1) is 12.0. The third kappa shape index (κ3) is 4.82. The van der Waals surface area contributed by atoms with Crippen LogP contribution in [0.3, 0.4) is 0 Å². The van der Waals surface area contributed by atoms with Gasteiger partial charge in [0, 0.05) is 25.6 Å². The number of anilines is 2. The number of nitriles is 1. The summed E-state index contributed by atoms with van der Waals surface area (Å²) in [7, 11) is 1.54. The normalized spacial score (nSPS) is 9.80. The highest BCUT2D eigenvalue weighted by molar-refractivity contribution is 5.95. The van der Waals surface area contributed by atoms with Crippen LogP contribution in [0.15, 0.2) is 48.5 Å². The van der Waals surface area contributed by atoms with E-state index in [1.54, 1.807) is 36.4 Å². The number of ether oxygens (including phenoxy) is 1. The zero-order valence-electron chi connectivity index (χ0n) is 14.2. The van der Waals surface area contributed by atoms with E-state index in [9.17, 15) is 9.59 Å². The molecule has 0 fully saturated rings. The summed E-state index contributed by atoms with van der Waals surface area (Å²) in [6.45, 7) is 1.68. The standard InChI is InChI=1S/C19H19N3O3/c1-14(23)22(17-5-3-4-6-18(17)25-2)12-11-19(24)21-16-9-7-15(13-20)8-10-16/h3-10H,11-12H2,1-2H3,(H,21,24). The van der Waals surface area contributed by atoms with Crippen LogP contribution in [0.2, 0.25) is 0 Å². The van der Waals surface area contributed by atoms with Crippen molar-refractivity contribution in [3.8, 4) is 11.8 Å². The van der Waals surface area contributed by atoms with E-state index < -0.39 is 0 Å². The van der Waals surface area contributed by atoms with Crippen molar-refractivity contribution in [2.45, 2.75) is 13.3 Å². The van der Waals surface area contributed by atoms with Crippen LogP contribution in [0.1, 0.15) is 18.9 Å². The summed E-state index contributed by atoms with van der Waals surface area (Å²) in [6.07, 6.45) is 0.137. The van der Waals surface area contributed by atoms with Gasteiger partial charge in [0.1, 0.15) is 5.75 Å². The number of methoxy groups -OCH3 is 1. The Morgan fingerprint density at radius 1 is 1.16 bits per heavy atom. The minimum absolute atomic E-state index is 0.137. The number of hydrogen-bond acceptors (Lipinski definition) is 4. The molecule has 0 unspecified atom stereocenters. The van der Waals surface area contributed by atoms with Crippen LogP contribution in [-0.2, 0) is 9.59 Å². The van der Waals surface area contributed by atoms with E-state index >= 15 is 0 Å². The van der Waals surface area contributed by atoms with E-state index in [-0.39, 0.29) is 24.8 Å². The number of nitrogens with zero attached hydrogens (tertiary/aromatic N) is 2. The Hall–Kier alpha value is -3.33. The zero-order valence-corrected chi connectivity index (χ0v) is 14.2. The van der Waals surface area contributed by atoms with Gasteiger partial charge in [-0.05, 0) is 36.4 Å². The molecular formula is C19H19N3O3. The van der Waals surface area contributed by atoms with E-state index in [0.29, 0.717) is 22.7 Å². The van der Waals surface area contributed by atoms with E-state index in [1.807, 2.05) is 18.2 Å². The average Bonchev–Trinajstić information content (AvgIpc) is 2.62. The number of para-hydroxylation sites is 2. The molecule has 25 heavy (non-hydrogen) atoms. The molecule has 0 aliphatic rings. The predicted molar refractivity (Wildman–Crippen MR) is 95.4 cm³/mol. The third-order valence-corrected chi connectivity index (χ3v) is 3.62. The van der Waals surface area contributed by atoms with E-state index in [1.165, 1.54) is 18.9 Å². The van der Waals surface area contributed by atoms with Crippen LogP contribution in [-0.4, -0.2) is 25.5 Å². The van der Waals surface area contributed by atoms with Gasteiger partial charge in [0.15, 0.2) is 0 Å². The van der Waals surface area contributed by atoms with Gasteiger partial charge in [0.25, 0.3) is 0 Å². The van der Waals surface area contributed by atoms with Gasteiger partial charge in [-0.3, -0.25) is 9.59 Å². The molecule has 2 aromatic carbocycles. The molecule has 0 aromatic heterocycles. The first-order valence-electron chi connectivity index (χ1n) is 7.76. The van der Waals surface area contributed by atoms with Crippen molar-refractivity contribution in [3.63, 3.8) is 0 Å². The number of benzene rings is 2. The molecule has 0 aliphatic carbocycles. The summed E-state index contributed by atoms with van der Waals surface area (Å²) in [5.74, 6) is 0.187. The molecule has 0 saturated carbocycles. The molecule has 1 N–H and O–H groups in total. The largest absolute Gasteiger partial charge is 0.495 e. The molecular weight excluding hydrogens is 318 g/mol. The highest BCUT2D eigenvalue weighted by Gasteiger charge is 2.17. The summed E-state index contributed by atoms with van der Waals surface area (Å²) in [6, 6.07) is 15.8. The Morgan fingerprint density at radius 2 is 1.84 bits per heavy atom. The number of carbonyl (C=O) groups is 2. The summed E-state index contributed by atoms with van der Waals surface area (Å²) < 4.78 is 5.28. The molecule has 0 spiro atoms. The maximum absolute atomic E-state index is 12.1. The van der Waals surface area contributed by atoms with Crippen LogP contribution in [0.4, 0.5) is 11.4 Å². The molecule has 2 rings (SSSR count). The molecule has 6 nitrogen and oxygen atoms in total. The first-order valence-corrected chi connectivity index (χ1v) is 7.76. The summed E-state index contributed by atoms with van der Waals surface area (Å²) in [5, 5.41) is 11.5. The Labute approximate surface area is 146 Å². The van der Waals surface area contributed by atoms with Crippen LogP contribution in [0.25, 0.3) is 0 Å². The van der Waals surface area contributed by atoms with Crippen molar-refractivity contribution in [1.29, 1.82) is 5.26 Å². The number of hydrogen-bond donors (Lipinski definition) is 1. The van der Waals surface area contributed by atoms with Crippen molar-refractivity contribution in [1.82, 2.24) is 0 Å². The van der Waals surface area contributed by atoms with Gasteiger partial charge in [0.05, 0.1) is 24.4 Å². The molecule has 2 aromatic rings. The smallest absolute Gasteiger partial charge is 0.226 e. The van der Waals surface area contributed by atoms with Crippen molar-refractivity contribution in [2.75, 3.05) is 23.9 Å². The van der Waals surface area contributed by atoms with E-state index in [4.69, 9.17) is 10.00 Å². The van der Waals surface area contributed by atoms with Crippen LogP contribution >= 0.6 is 0 Å². The van der Waals surface area contributed by atoms with Crippen LogP contribution < -0.4 is 15.0 Å². The van der Waals surface area contributed by atoms with Crippen LogP contribution in [0.5, 0.6) is 5.75 Å². The lowest BCUT2D eigenvalue weighted by molar-refractivity contribution is -0.117. The summed E-state index contributed by atoms with van der Waals surface area (Å²) >= 11 is 0. The minimum Gasteiger partial charge on any atom is -0.495 e. The fourth-order valence-corrected chi connectivity index (χ4v) is 2.37. The predicted octanol–water partition coefficient (Wildman–Crippen LogP) is 2.95. The number of carbonyl (C=O) groups excluding carboxylic acids is 2. The second-order valence-corrected chi connectivity index (χ2v) is 5.33. The SMILES string of the molecule is COc1ccccc1N(CCC(=O)Nc1ccc(C#N)cc1)C(C)=O. The molecule has 0 atom stereocenters. The second-order valence-electron chi connectivity index (χ2n) is 5.33. The number of amides is 2. The first kappa shape index (κ1) is 18.0. The fourth-order valence-electron chi connectivity index (χ4n) is 2.37. The number of nitrogens with one attached hydrogen (secondary N) is 1. The quantitative estimate of drug-likeness (QED) is 0.878. The zero-order chi connectivity index (χ0) is 18.2. The Kier molecular flexibility index (Phi) is 6.13. The van der Waals surface area contributed by atoms with Crippen molar-refractivity contribution < 1.29 is 14.3 Å². The van der Waals surface area contributed by atoms with Crippen molar-refractivity contribution in [2.24, 2.45) is 0 Å². The van der Waals surface area contributed by atoms with Gasteiger partial charge in [0.2, 0.25) is 11.8 Å². The minimum atomic E-state index is -0.217. The Morgan fingerprint density at radius 3 is 2.44 bits per heavy atom. The van der Waals surface area contributed by atoms with Gasteiger partial charge in [-0.2, -0.15) is 5.26 Å². The van der Waals surface area contributed by atoms with Gasteiger partial charge >= 0.3 is 0 Å². The fraction of sp³-hybridized carbons (Fsp3) is 0.211. The lowest BCUT2D eigenvalue weighted by Crippen LogP contribution is -2.32. The lowest BCUT2D eigenvalue weighted by atomic mass is 10.2. The average molecular weight is 337 g/mol. The lowest BCUT2D eigenvalue weighted by Gasteiger charge is -2.23. The van der Waals surface area contributed by atoms with E-state index in [2.05, 4.69) is 5.32 Å². The third-order valence-electron chi connectivity index (χ3n) is 3.62. The second kappa shape index (κ2) is 8.50. The topological polar surface area (TPSA) is 82.4 Å².